The molecule has 2 N–H and O–H groups in total. The van der Waals surface area contributed by atoms with Crippen LogP contribution in [0.15, 0.2) is 12.1 Å². The molecule has 0 spiro atoms. The van der Waals surface area contributed by atoms with E-state index in [-0.39, 0.29) is 24.4 Å². The van der Waals surface area contributed by atoms with Gasteiger partial charge in [-0.25, -0.2) is 4.39 Å². The first kappa shape index (κ1) is 14.5. The van der Waals surface area contributed by atoms with Crippen LogP contribution in [0.3, 0.4) is 0 Å². The average molecular weight is 257 g/mol. The second-order valence-corrected chi connectivity index (χ2v) is 3.82. The predicted octanol–water partition coefficient (Wildman–Crippen LogP) is 0.877. The molecule has 100 valence electrons. The lowest BCUT2D eigenvalue weighted by atomic mass is 10.1. The number of hydrogen-bond donors (Lipinski definition) is 2. The lowest BCUT2D eigenvalue weighted by Gasteiger charge is -2.17. The van der Waals surface area contributed by atoms with Crippen LogP contribution in [0.25, 0.3) is 0 Å². The molecule has 6 heteroatoms. The Balaban J connectivity index is 2.70. The molecule has 0 bridgehead atoms. The fourth-order valence-corrected chi connectivity index (χ4v) is 1.43. The van der Waals surface area contributed by atoms with E-state index in [1.165, 1.54) is 13.0 Å². The Hall–Kier alpha value is -1.53. The number of ether oxygens (including phenoxy) is 1. The van der Waals surface area contributed by atoms with Crippen LogP contribution in [-0.4, -0.2) is 33.9 Å². The van der Waals surface area contributed by atoms with Gasteiger partial charge in [-0.3, -0.25) is 9.78 Å². The van der Waals surface area contributed by atoms with Crippen LogP contribution in [0, 0.1) is 12.7 Å². The Morgan fingerprint density at radius 2 is 2.17 bits per heavy atom. The summed E-state index contributed by atoms with van der Waals surface area (Å²) in [6.07, 6.45) is -3.03. The van der Waals surface area contributed by atoms with Crippen LogP contribution in [-0.2, 0) is 9.53 Å². The monoisotopic (exact) mass is 257 g/mol. The smallest absolute Gasteiger partial charge is 0.308 e. The molecule has 0 radical (unpaired) electrons. The van der Waals surface area contributed by atoms with Crippen molar-refractivity contribution in [2.75, 3.05) is 6.61 Å². The van der Waals surface area contributed by atoms with Gasteiger partial charge in [-0.15, -0.1) is 0 Å². The molecule has 0 saturated heterocycles. The number of aryl methyl sites for hydroxylation is 1. The van der Waals surface area contributed by atoms with E-state index in [0.29, 0.717) is 0 Å². The average Bonchev–Trinajstić information content (AvgIpc) is 2.32. The van der Waals surface area contributed by atoms with Crippen molar-refractivity contribution in [2.24, 2.45) is 0 Å². The lowest BCUT2D eigenvalue weighted by molar-refractivity contribution is -0.147. The molecule has 18 heavy (non-hydrogen) atoms. The molecule has 0 aliphatic carbocycles. The summed E-state index contributed by atoms with van der Waals surface area (Å²) >= 11 is 0. The largest absolute Gasteiger partial charge is 0.466 e. The number of nitrogens with zero attached hydrogens (tertiary/aromatic N) is 1. The zero-order valence-corrected chi connectivity index (χ0v) is 10.3. The number of rotatable bonds is 5. The number of pyridine rings is 1. The van der Waals surface area contributed by atoms with Crippen molar-refractivity contribution < 1.29 is 24.1 Å². The van der Waals surface area contributed by atoms with Gasteiger partial charge in [0.05, 0.1) is 30.5 Å². The minimum atomic E-state index is -1.35. The summed E-state index contributed by atoms with van der Waals surface area (Å²) in [6, 6.07) is 2.42. The van der Waals surface area contributed by atoms with E-state index in [1.54, 1.807) is 6.92 Å². The summed E-state index contributed by atoms with van der Waals surface area (Å²) in [7, 11) is 0. The number of aliphatic hydroxyl groups is 2. The van der Waals surface area contributed by atoms with Gasteiger partial charge in [0, 0.05) is 0 Å². The van der Waals surface area contributed by atoms with Gasteiger partial charge < -0.3 is 14.9 Å². The highest BCUT2D eigenvalue weighted by Crippen LogP contribution is 2.18. The van der Waals surface area contributed by atoms with Gasteiger partial charge in [-0.2, -0.15) is 0 Å². The highest BCUT2D eigenvalue weighted by molar-refractivity contribution is 5.70. The molecule has 1 aromatic rings. The van der Waals surface area contributed by atoms with E-state index in [0.717, 1.165) is 6.07 Å². The number of aliphatic hydroxyl groups excluding tert-OH is 2. The Labute approximate surface area is 104 Å². The third-order valence-corrected chi connectivity index (χ3v) is 2.39. The fraction of sp³-hybridized carbons (Fsp3) is 0.500. The quantitative estimate of drug-likeness (QED) is 0.765. The molecule has 0 aliphatic heterocycles. The zero-order chi connectivity index (χ0) is 13.7. The molecule has 0 fully saturated rings. The number of aromatic nitrogens is 1. The van der Waals surface area contributed by atoms with E-state index < -0.39 is 24.0 Å². The van der Waals surface area contributed by atoms with Gasteiger partial charge in [0.25, 0.3) is 0 Å². The lowest BCUT2D eigenvalue weighted by Crippen LogP contribution is -2.24. The highest BCUT2D eigenvalue weighted by atomic mass is 19.1. The van der Waals surface area contributed by atoms with E-state index in [4.69, 9.17) is 0 Å². The van der Waals surface area contributed by atoms with Gasteiger partial charge in [-0.05, 0) is 26.0 Å². The van der Waals surface area contributed by atoms with Crippen molar-refractivity contribution in [1.29, 1.82) is 0 Å². The van der Waals surface area contributed by atoms with Crippen molar-refractivity contribution in [3.8, 4) is 0 Å². The Morgan fingerprint density at radius 3 is 2.72 bits per heavy atom. The van der Waals surface area contributed by atoms with Crippen molar-refractivity contribution in [1.82, 2.24) is 4.98 Å². The van der Waals surface area contributed by atoms with Crippen molar-refractivity contribution in [2.45, 2.75) is 32.5 Å². The Bertz CT molecular complexity index is 425. The van der Waals surface area contributed by atoms with Gasteiger partial charge >= 0.3 is 5.97 Å². The molecule has 1 heterocycles. The first-order chi connectivity index (χ1) is 8.45. The molecule has 0 aliphatic rings. The molecule has 2 unspecified atom stereocenters. The first-order valence-corrected chi connectivity index (χ1v) is 5.60. The molecule has 2 atom stereocenters. The van der Waals surface area contributed by atoms with Crippen LogP contribution in [0.2, 0.25) is 0 Å². The summed E-state index contributed by atoms with van der Waals surface area (Å²) < 4.78 is 17.6. The standard InChI is InChI=1S/C12H16FNO4/c1-3-18-11(16)6-10(15)12(17)9-5-4-8(13)7(2)14-9/h4-5,10,12,15,17H,3,6H2,1-2H3. The molecule has 0 saturated carbocycles. The zero-order valence-electron chi connectivity index (χ0n) is 10.3. The summed E-state index contributed by atoms with van der Waals surface area (Å²) in [5, 5.41) is 19.4. The Morgan fingerprint density at radius 1 is 1.50 bits per heavy atom. The van der Waals surface area contributed by atoms with E-state index in [2.05, 4.69) is 9.72 Å². The molecule has 0 aromatic carbocycles. The number of esters is 1. The third kappa shape index (κ3) is 3.75. The first-order valence-electron chi connectivity index (χ1n) is 5.60. The number of halogens is 1. The second-order valence-electron chi connectivity index (χ2n) is 3.82. The third-order valence-electron chi connectivity index (χ3n) is 2.39. The molecule has 5 nitrogen and oxygen atoms in total. The Kier molecular flexibility index (Phi) is 5.18. The van der Waals surface area contributed by atoms with Crippen molar-refractivity contribution >= 4 is 5.97 Å². The van der Waals surface area contributed by atoms with Gasteiger partial charge in [0.2, 0.25) is 0 Å². The van der Waals surface area contributed by atoms with Crippen LogP contribution in [0.1, 0.15) is 30.8 Å². The maximum Gasteiger partial charge on any atom is 0.308 e. The molecular weight excluding hydrogens is 241 g/mol. The predicted molar refractivity (Wildman–Crippen MR) is 61.1 cm³/mol. The maximum absolute atomic E-state index is 13.0. The number of carbonyl (C=O) groups is 1. The summed E-state index contributed by atoms with van der Waals surface area (Å²) in [5.74, 6) is -1.10. The van der Waals surface area contributed by atoms with Crippen LogP contribution in [0.4, 0.5) is 4.39 Å². The second kappa shape index (κ2) is 6.42. The van der Waals surface area contributed by atoms with Gasteiger partial charge in [0.1, 0.15) is 11.9 Å². The summed E-state index contributed by atoms with van der Waals surface area (Å²) in [4.78, 5) is 14.9. The summed E-state index contributed by atoms with van der Waals surface area (Å²) in [6.45, 7) is 3.30. The summed E-state index contributed by atoms with van der Waals surface area (Å²) in [5.41, 5.74) is 0.237. The van der Waals surface area contributed by atoms with Crippen LogP contribution >= 0.6 is 0 Å². The molecule has 0 amide bonds. The topological polar surface area (TPSA) is 79.7 Å². The highest BCUT2D eigenvalue weighted by Gasteiger charge is 2.23. The van der Waals surface area contributed by atoms with Crippen molar-refractivity contribution in [3.05, 3.63) is 29.3 Å². The minimum Gasteiger partial charge on any atom is -0.466 e. The number of hydrogen-bond acceptors (Lipinski definition) is 5. The molecule has 1 rings (SSSR count). The molecular formula is C12H16FNO4. The SMILES string of the molecule is CCOC(=O)CC(O)C(O)c1ccc(F)c(C)n1. The van der Waals surface area contributed by atoms with E-state index in [1.807, 2.05) is 0 Å². The van der Waals surface area contributed by atoms with E-state index >= 15 is 0 Å². The van der Waals surface area contributed by atoms with Crippen molar-refractivity contribution in [3.63, 3.8) is 0 Å². The number of carbonyl (C=O) groups excluding carboxylic acids is 1. The van der Waals surface area contributed by atoms with E-state index in [9.17, 15) is 19.4 Å². The maximum atomic E-state index is 13.0. The van der Waals surface area contributed by atoms with Gasteiger partial charge in [0.15, 0.2) is 0 Å². The molecule has 1 aromatic heterocycles. The fourth-order valence-electron chi connectivity index (χ4n) is 1.43. The van der Waals surface area contributed by atoms with Crippen LogP contribution in [0.5, 0.6) is 0 Å². The normalized spacial score (nSPS) is 14.1. The minimum absolute atomic E-state index is 0.116. The van der Waals surface area contributed by atoms with Crippen LogP contribution < -0.4 is 0 Å². The van der Waals surface area contributed by atoms with Gasteiger partial charge in [-0.1, -0.05) is 0 Å².